The molecular formula is C12H16O2. The predicted octanol–water partition coefficient (Wildman–Crippen LogP) is 2.46. The van der Waals surface area contributed by atoms with Crippen molar-refractivity contribution in [1.82, 2.24) is 0 Å². The molecule has 2 nitrogen and oxygen atoms in total. The zero-order chi connectivity index (χ0) is 9.97. The summed E-state index contributed by atoms with van der Waals surface area (Å²) in [5.41, 5.74) is 2.33. The first-order valence-electron chi connectivity index (χ1n) is 5.16. The van der Waals surface area contributed by atoms with Crippen LogP contribution in [-0.2, 0) is 6.42 Å². The third-order valence-corrected chi connectivity index (χ3v) is 2.89. The number of hydrogen-bond donors (Lipinski definition) is 1. The first kappa shape index (κ1) is 9.53. The molecule has 0 amide bonds. The number of aliphatic hydroxyl groups is 1. The Balaban J connectivity index is 2.39. The van der Waals surface area contributed by atoms with Gasteiger partial charge in [-0.3, -0.25) is 0 Å². The fourth-order valence-electron chi connectivity index (χ4n) is 2.05. The van der Waals surface area contributed by atoms with Gasteiger partial charge in [-0.15, -0.1) is 0 Å². The van der Waals surface area contributed by atoms with Crippen LogP contribution in [0.25, 0.3) is 0 Å². The molecule has 2 rings (SSSR count). The molecule has 0 saturated heterocycles. The molecule has 0 aliphatic heterocycles. The summed E-state index contributed by atoms with van der Waals surface area (Å²) in [5, 5.41) is 9.91. The summed E-state index contributed by atoms with van der Waals surface area (Å²) in [6, 6.07) is 6.00. The number of benzene rings is 1. The van der Waals surface area contributed by atoms with E-state index in [-0.39, 0.29) is 6.10 Å². The van der Waals surface area contributed by atoms with Crippen LogP contribution in [0.15, 0.2) is 18.2 Å². The highest BCUT2D eigenvalue weighted by atomic mass is 16.5. The van der Waals surface area contributed by atoms with Crippen molar-refractivity contribution in [2.24, 2.45) is 0 Å². The number of methoxy groups -OCH3 is 1. The van der Waals surface area contributed by atoms with Gasteiger partial charge in [0.05, 0.1) is 13.2 Å². The van der Waals surface area contributed by atoms with Gasteiger partial charge in [0.2, 0.25) is 0 Å². The number of aliphatic hydroxyl groups excluding tert-OH is 1. The van der Waals surface area contributed by atoms with E-state index in [4.69, 9.17) is 4.74 Å². The van der Waals surface area contributed by atoms with Crippen molar-refractivity contribution in [3.05, 3.63) is 29.3 Å². The quantitative estimate of drug-likeness (QED) is 0.692. The van der Waals surface area contributed by atoms with Gasteiger partial charge in [0, 0.05) is 0 Å². The van der Waals surface area contributed by atoms with E-state index in [1.165, 1.54) is 12.0 Å². The van der Waals surface area contributed by atoms with E-state index in [1.807, 2.05) is 12.1 Å². The van der Waals surface area contributed by atoms with Gasteiger partial charge < -0.3 is 9.84 Å². The van der Waals surface area contributed by atoms with Crippen LogP contribution in [0, 0.1) is 0 Å². The zero-order valence-corrected chi connectivity index (χ0v) is 8.49. The van der Waals surface area contributed by atoms with Crippen molar-refractivity contribution in [1.29, 1.82) is 0 Å². The minimum Gasteiger partial charge on any atom is -0.497 e. The Morgan fingerprint density at radius 3 is 3.00 bits per heavy atom. The smallest absolute Gasteiger partial charge is 0.119 e. The second kappa shape index (κ2) is 4.01. The van der Waals surface area contributed by atoms with Gasteiger partial charge in [-0.2, -0.15) is 0 Å². The lowest BCUT2D eigenvalue weighted by Crippen LogP contribution is -1.99. The van der Waals surface area contributed by atoms with Crippen LogP contribution in [0.4, 0.5) is 0 Å². The molecule has 0 spiro atoms. The molecule has 0 heterocycles. The summed E-state index contributed by atoms with van der Waals surface area (Å²) >= 11 is 0. The summed E-state index contributed by atoms with van der Waals surface area (Å²) in [6.07, 6.45) is 3.94. The molecule has 14 heavy (non-hydrogen) atoms. The van der Waals surface area contributed by atoms with E-state index < -0.39 is 0 Å². The standard InChI is InChI=1S/C12H16O2/c1-14-10-7-6-9-4-2-3-5-12(13)11(9)8-10/h6-8,12-13H,2-5H2,1H3/t12-/m0/s1. The first-order chi connectivity index (χ1) is 6.81. The van der Waals surface area contributed by atoms with Crippen LogP contribution in [-0.4, -0.2) is 12.2 Å². The van der Waals surface area contributed by atoms with Crippen LogP contribution in [0.2, 0.25) is 0 Å². The van der Waals surface area contributed by atoms with Crippen LogP contribution < -0.4 is 4.74 Å². The highest BCUT2D eigenvalue weighted by molar-refractivity contribution is 5.37. The van der Waals surface area contributed by atoms with Gasteiger partial charge >= 0.3 is 0 Å². The van der Waals surface area contributed by atoms with Gasteiger partial charge in [0.1, 0.15) is 5.75 Å². The number of aryl methyl sites for hydroxylation is 1. The molecule has 1 atom stereocenters. The molecule has 0 fully saturated rings. The fraction of sp³-hybridized carbons (Fsp3) is 0.500. The molecule has 2 heteroatoms. The highest BCUT2D eigenvalue weighted by Crippen LogP contribution is 2.31. The van der Waals surface area contributed by atoms with Crippen LogP contribution in [0.5, 0.6) is 5.75 Å². The van der Waals surface area contributed by atoms with E-state index in [9.17, 15) is 5.11 Å². The Hall–Kier alpha value is -1.02. The molecular weight excluding hydrogens is 176 g/mol. The molecule has 1 aromatic rings. The summed E-state index contributed by atoms with van der Waals surface area (Å²) in [7, 11) is 1.66. The Kier molecular flexibility index (Phi) is 2.73. The predicted molar refractivity (Wildman–Crippen MR) is 55.5 cm³/mol. The monoisotopic (exact) mass is 192 g/mol. The molecule has 0 radical (unpaired) electrons. The Labute approximate surface area is 84.5 Å². The van der Waals surface area contributed by atoms with Gasteiger partial charge in [-0.25, -0.2) is 0 Å². The fourth-order valence-corrected chi connectivity index (χ4v) is 2.05. The van der Waals surface area contributed by atoms with Gasteiger partial charge in [0.15, 0.2) is 0 Å². The number of ether oxygens (including phenoxy) is 1. The van der Waals surface area contributed by atoms with Gasteiger partial charge in [0.25, 0.3) is 0 Å². The van der Waals surface area contributed by atoms with E-state index >= 15 is 0 Å². The Bertz CT molecular complexity index is 320. The van der Waals surface area contributed by atoms with Crippen molar-refractivity contribution >= 4 is 0 Å². The van der Waals surface area contributed by atoms with Gasteiger partial charge in [-0.05, 0) is 42.5 Å². The van der Waals surface area contributed by atoms with Crippen molar-refractivity contribution < 1.29 is 9.84 Å². The van der Waals surface area contributed by atoms with E-state index in [2.05, 4.69) is 6.07 Å². The number of fused-ring (bicyclic) bond motifs is 1. The molecule has 1 aromatic carbocycles. The lowest BCUT2D eigenvalue weighted by Gasteiger charge is -2.12. The lowest BCUT2D eigenvalue weighted by molar-refractivity contribution is 0.166. The minimum absolute atomic E-state index is 0.303. The van der Waals surface area contributed by atoms with Crippen LogP contribution in [0.1, 0.15) is 36.5 Å². The Morgan fingerprint density at radius 2 is 2.21 bits per heavy atom. The van der Waals surface area contributed by atoms with Crippen molar-refractivity contribution in [2.75, 3.05) is 7.11 Å². The molecule has 1 aliphatic carbocycles. The van der Waals surface area contributed by atoms with Crippen molar-refractivity contribution in [3.63, 3.8) is 0 Å². The van der Waals surface area contributed by atoms with E-state index in [1.54, 1.807) is 7.11 Å². The third-order valence-electron chi connectivity index (χ3n) is 2.89. The maximum absolute atomic E-state index is 9.91. The first-order valence-corrected chi connectivity index (χ1v) is 5.16. The SMILES string of the molecule is COc1ccc2c(c1)[C@@H](O)CCCC2. The third kappa shape index (κ3) is 1.75. The van der Waals surface area contributed by atoms with Crippen LogP contribution >= 0.6 is 0 Å². The second-order valence-electron chi connectivity index (χ2n) is 3.83. The Morgan fingerprint density at radius 1 is 1.36 bits per heavy atom. The summed E-state index contributed by atoms with van der Waals surface area (Å²) < 4.78 is 5.16. The highest BCUT2D eigenvalue weighted by Gasteiger charge is 2.16. The summed E-state index contributed by atoms with van der Waals surface area (Å²) in [6.45, 7) is 0. The van der Waals surface area contributed by atoms with Crippen molar-refractivity contribution in [3.8, 4) is 5.75 Å². The maximum atomic E-state index is 9.91. The number of rotatable bonds is 1. The topological polar surface area (TPSA) is 29.5 Å². The van der Waals surface area contributed by atoms with E-state index in [0.717, 1.165) is 30.6 Å². The molecule has 0 unspecified atom stereocenters. The lowest BCUT2D eigenvalue weighted by atomic mass is 10.0. The molecule has 0 aromatic heterocycles. The minimum atomic E-state index is -0.303. The largest absolute Gasteiger partial charge is 0.497 e. The average molecular weight is 192 g/mol. The molecule has 76 valence electrons. The van der Waals surface area contributed by atoms with E-state index in [0.29, 0.717) is 0 Å². The molecule has 1 aliphatic rings. The van der Waals surface area contributed by atoms with Gasteiger partial charge in [-0.1, -0.05) is 12.5 Å². The normalized spacial score (nSPS) is 21.1. The average Bonchev–Trinajstić information content (AvgIpc) is 2.40. The zero-order valence-electron chi connectivity index (χ0n) is 8.49. The molecule has 0 bridgehead atoms. The van der Waals surface area contributed by atoms with Crippen LogP contribution in [0.3, 0.4) is 0 Å². The second-order valence-corrected chi connectivity index (χ2v) is 3.83. The summed E-state index contributed by atoms with van der Waals surface area (Å²) in [4.78, 5) is 0. The summed E-state index contributed by atoms with van der Waals surface area (Å²) in [5.74, 6) is 0.838. The number of hydrogen-bond acceptors (Lipinski definition) is 2. The molecule has 0 saturated carbocycles. The maximum Gasteiger partial charge on any atom is 0.119 e. The molecule has 1 N–H and O–H groups in total. The van der Waals surface area contributed by atoms with Crippen molar-refractivity contribution in [2.45, 2.75) is 31.8 Å².